The Kier molecular flexibility index (Phi) is 5.49. The standard InChI is InChI=1S/C13H19NO3/c1-3-10(9-15)8-14-12-6-4-11(5-7-12)13(16)17-2/h4-7,10,14-15H,3,8-9H2,1-2H3. The largest absolute Gasteiger partial charge is 0.465 e. The zero-order valence-electron chi connectivity index (χ0n) is 10.3. The van der Waals surface area contributed by atoms with Crippen molar-refractivity contribution in [2.45, 2.75) is 13.3 Å². The van der Waals surface area contributed by atoms with Gasteiger partial charge in [0.2, 0.25) is 0 Å². The van der Waals surface area contributed by atoms with E-state index < -0.39 is 0 Å². The SMILES string of the molecule is CCC(CO)CNc1ccc(C(=O)OC)cc1. The Morgan fingerprint density at radius 1 is 1.41 bits per heavy atom. The number of ether oxygens (including phenoxy) is 1. The van der Waals surface area contributed by atoms with Crippen molar-refractivity contribution in [2.24, 2.45) is 5.92 Å². The number of rotatable bonds is 6. The molecule has 0 saturated heterocycles. The highest BCUT2D eigenvalue weighted by molar-refractivity contribution is 5.89. The number of aliphatic hydroxyl groups excluding tert-OH is 1. The van der Waals surface area contributed by atoms with Crippen molar-refractivity contribution in [2.75, 3.05) is 25.6 Å². The fourth-order valence-electron chi connectivity index (χ4n) is 1.44. The minimum Gasteiger partial charge on any atom is -0.465 e. The van der Waals surface area contributed by atoms with Crippen LogP contribution in [0.15, 0.2) is 24.3 Å². The predicted molar refractivity (Wildman–Crippen MR) is 67.1 cm³/mol. The highest BCUT2D eigenvalue weighted by Gasteiger charge is 2.06. The van der Waals surface area contributed by atoms with Crippen LogP contribution in [0.2, 0.25) is 0 Å². The first-order valence-electron chi connectivity index (χ1n) is 5.74. The lowest BCUT2D eigenvalue weighted by molar-refractivity contribution is 0.0601. The Labute approximate surface area is 102 Å². The maximum absolute atomic E-state index is 11.2. The molecule has 17 heavy (non-hydrogen) atoms. The van der Waals surface area contributed by atoms with Gasteiger partial charge < -0.3 is 15.2 Å². The van der Waals surface area contributed by atoms with Crippen LogP contribution in [0.5, 0.6) is 0 Å². The summed E-state index contributed by atoms with van der Waals surface area (Å²) in [4.78, 5) is 11.2. The van der Waals surface area contributed by atoms with Gasteiger partial charge in [-0.2, -0.15) is 0 Å². The van der Waals surface area contributed by atoms with Gasteiger partial charge in [0.25, 0.3) is 0 Å². The minimum absolute atomic E-state index is 0.184. The summed E-state index contributed by atoms with van der Waals surface area (Å²) in [6, 6.07) is 7.09. The number of methoxy groups -OCH3 is 1. The van der Waals surface area contributed by atoms with Gasteiger partial charge in [-0.05, 0) is 36.6 Å². The van der Waals surface area contributed by atoms with Crippen LogP contribution in [-0.2, 0) is 4.74 Å². The molecule has 0 fully saturated rings. The van der Waals surface area contributed by atoms with E-state index in [4.69, 9.17) is 5.11 Å². The molecule has 4 heteroatoms. The molecule has 94 valence electrons. The molecule has 1 aromatic rings. The second-order valence-electron chi connectivity index (χ2n) is 3.91. The van der Waals surface area contributed by atoms with E-state index >= 15 is 0 Å². The molecule has 1 atom stereocenters. The fourth-order valence-corrected chi connectivity index (χ4v) is 1.44. The Morgan fingerprint density at radius 3 is 2.53 bits per heavy atom. The second kappa shape index (κ2) is 6.91. The van der Waals surface area contributed by atoms with E-state index in [0.717, 1.165) is 18.7 Å². The van der Waals surface area contributed by atoms with Gasteiger partial charge in [-0.15, -0.1) is 0 Å². The molecule has 0 aromatic heterocycles. The molecular weight excluding hydrogens is 218 g/mol. The first-order chi connectivity index (χ1) is 8.21. The van der Waals surface area contributed by atoms with Crippen LogP contribution >= 0.6 is 0 Å². The highest BCUT2D eigenvalue weighted by atomic mass is 16.5. The number of aliphatic hydroxyl groups is 1. The monoisotopic (exact) mass is 237 g/mol. The molecule has 0 aliphatic carbocycles. The number of hydrogen-bond donors (Lipinski definition) is 2. The molecule has 0 heterocycles. The fraction of sp³-hybridized carbons (Fsp3) is 0.462. The van der Waals surface area contributed by atoms with Gasteiger partial charge in [0.05, 0.1) is 12.7 Å². The molecule has 1 unspecified atom stereocenters. The summed E-state index contributed by atoms with van der Waals surface area (Å²) in [5.74, 6) is -0.0753. The predicted octanol–water partition coefficient (Wildman–Crippen LogP) is 1.90. The summed E-state index contributed by atoms with van der Waals surface area (Å²) >= 11 is 0. The summed E-state index contributed by atoms with van der Waals surface area (Å²) in [5, 5.41) is 12.3. The zero-order valence-corrected chi connectivity index (χ0v) is 10.3. The van der Waals surface area contributed by atoms with Gasteiger partial charge in [0.1, 0.15) is 0 Å². The Balaban J connectivity index is 2.53. The van der Waals surface area contributed by atoms with Crippen LogP contribution in [0.25, 0.3) is 0 Å². The second-order valence-corrected chi connectivity index (χ2v) is 3.91. The average molecular weight is 237 g/mol. The van der Waals surface area contributed by atoms with E-state index in [9.17, 15) is 4.79 Å². The van der Waals surface area contributed by atoms with Gasteiger partial charge in [0.15, 0.2) is 0 Å². The highest BCUT2D eigenvalue weighted by Crippen LogP contribution is 2.11. The van der Waals surface area contributed by atoms with Gasteiger partial charge in [0, 0.05) is 18.8 Å². The number of nitrogens with one attached hydrogen (secondary N) is 1. The van der Waals surface area contributed by atoms with Crippen molar-refractivity contribution in [1.29, 1.82) is 0 Å². The molecule has 0 aliphatic rings. The molecule has 0 saturated carbocycles. The molecule has 0 amide bonds. The van der Waals surface area contributed by atoms with E-state index in [2.05, 4.69) is 10.1 Å². The first-order valence-corrected chi connectivity index (χ1v) is 5.74. The molecule has 0 spiro atoms. The molecule has 0 bridgehead atoms. The topological polar surface area (TPSA) is 58.6 Å². The average Bonchev–Trinajstić information content (AvgIpc) is 2.39. The van der Waals surface area contributed by atoms with Crippen molar-refractivity contribution in [1.82, 2.24) is 0 Å². The number of carbonyl (C=O) groups is 1. The summed E-state index contributed by atoms with van der Waals surface area (Å²) in [6.07, 6.45) is 0.934. The number of esters is 1. The van der Waals surface area contributed by atoms with Crippen molar-refractivity contribution in [3.05, 3.63) is 29.8 Å². The van der Waals surface area contributed by atoms with Crippen LogP contribution in [0.1, 0.15) is 23.7 Å². The number of carbonyl (C=O) groups excluding carboxylic acids is 1. The maximum atomic E-state index is 11.2. The lowest BCUT2D eigenvalue weighted by atomic mass is 10.1. The smallest absolute Gasteiger partial charge is 0.337 e. The third-order valence-corrected chi connectivity index (χ3v) is 2.74. The quantitative estimate of drug-likeness (QED) is 0.742. The number of anilines is 1. The molecule has 2 N–H and O–H groups in total. The molecule has 4 nitrogen and oxygen atoms in total. The Bertz CT molecular complexity index is 344. The van der Waals surface area contributed by atoms with Gasteiger partial charge in [-0.1, -0.05) is 6.92 Å². The normalized spacial score (nSPS) is 11.9. The lowest BCUT2D eigenvalue weighted by Crippen LogP contribution is -2.17. The van der Waals surface area contributed by atoms with Gasteiger partial charge in [-0.3, -0.25) is 0 Å². The number of benzene rings is 1. The summed E-state index contributed by atoms with van der Waals surface area (Å²) in [5.41, 5.74) is 1.47. The molecule has 1 aromatic carbocycles. The van der Waals surface area contributed by atoms with E-state index in [1.807, 2.05) is 19.1 Å². The lowest BCUT2D eigenvalue weighted by Gasteiger charge is -2.13. The summed E-state index contributed by atoms with van der Waals surface area (Å²) in [6.45, 7) is 2.96. The van der Waals surface area contributed by atoms with E-state index in [-0.39, 0.29) is 18.5 Å². The molecule has 0 radical (unpaired) electrons. The minimum atomic E-state index is -0.335. The zero-order chi connectivity index (χ0) is 12.7. The van der Waals surface area contributed by atoms with E-state index in [1.165, 1.54) is 7.11 Å². The van der Waals surface area contributed by atoms with Crippen LogP contribution in [-0.4, -0.2) is 31.3 Å². The van der Waals surface area contributed by atoms with Crippen molar-refractivity contribution in [3.8, 4) is 0 Å². The summed E-state index contributed by atoms with van der Waals surface area (Å²) < 4.78 is 4.62. The van der Waals surface area contributed by atoms with Crippen LogP contribution in [0, 0.1) is 5.92 Å². The van der Waals surface area contributed by atoms with Crippen LogP contribution < -0.4 is 5.32 Å². The Hall–Kier alpha value is -1.55. The number of hydrogen-bond acceptors (Lipinski definition) is 4. The van der Waals surface area contributed by atoms with Gasteiger partial charge >= 0.3 is 5.97 Å². The van der Waals surface area contributed by atoms with Crippen molar-refractivity contribution >= 4 is 11.7 Å². The van der Waals surface area contributed by atoms with E-state index in [0.29, 0.717) is 5.56 Å². The molecular formula is C13H19NO3. The molecule has 0 aliphatic heterocycles. The Morgan fingerprint density at radius 2 is 2.06 bits per heavy atom. The van der Waals surface area contributed by atoms with Crippen LogP contribution in [0.4, 0.5) is 5.69 Å². The van der Waals surface area contributed by atoms with Crippen LogP contribution in [0.3, 0.4) is 0 Å². The van der Waals surface area contributed by atoms with E-state index in [1.54, 1.807) is 12.1 Å². The third-order valence-electron chi connectivity index (χ3n) is 2.74. The van der Waals surface area contributed by atoms with Crippen molar-refractivity contribution in [3.63, 3.8) is 0 Å². The van der Waals surface area contributed by atoms with Crippen molar-refractivity contribution < 1.29 is 14.6 Å². The maximum Gasteiger partial charge on any atom is 0.337 e. The first kappa shape index (κ1) is 13.5. The molecule has 1 rings (SSSR count). The van der Waals surface area contributed by atoms with Gasteiger partial charge in [-0.25, -0.2) is 4.79 Å². The summed E-state index contributed by atoms with van der Waals surface area (Å²) in [7, 11) is 1.36. The third kappa shape index (κ3) is 4.07.